The van der Waals surface area contributed by atoms with Crippen LogP contribution in [0.15, 0.2) is 6.07 Å². The summed E-state index contributed by atoms with van der Waals surface area (Å²) in [5, 5.41) is 9.98. The Bertz CT molecular complexity index is 680. The van der Waals surface area contributed by atoms with Gasteiger partial charge in [0.2, 0.25) is 11.8 Å². The lowest BCUT2D eigenvalue weighted by atomic mass is 9.81. The van der Waals surface area contributed by atoms with Crippen LogP contribution in [0, 0.1) is 17.3 Å². The van der Waals surface area contributed by atoms with Crippen molar-refractivity contribution in [3.63, 3.8) is 0 Å². The fourth-order valence-corrected chi connectivity index (χ4v) is 4.52. The zero-order chi connectivity index (χ0) is 17.6. The second kappa shape index (κ2) is 6.01. The Morgan fingerprint density at radius 3 is 2.80 bits per heavy atom. The molecule has 3 aliphatic rings. The fourth-order valence-electron chi connectivity index (χ4n) is 4.52. The van der Waals surface area contributed by atoms with E-state index in [1.807, 2.05) is 4.90 Å². The van der Waals surface area contributed by atoms with Gasteiger partial charge in [-0.05, 0) is 18.8 Å². The monoisotopic (exact) mass is 347 g/mol. The molecule has 0 spiro atoms. The molecule has 2 saturated heterocycles. The van der Waals surface area contributed by atoms with Crippen molar-refractivity contribution >= 4 is 17.7 Å². The average molecular weight is 347 g/mol. The predicted octanol–water partition coefficient (Wildman–Crippen LogP) is 0.690. The standard InChI is InChI=1S/C17H25N5O3/c1-25-14-5-13(19-16(18)20-14)22-8-12-7-21(6-11-3-2-4-11)9-17(12,10-22)15(23)24/h5,11-12H,2-4,6-10H2,1H3,(H,23,24)(H2,18,19,20)/t12-,17-/m1/s1. The van der Waals surface area contributed by atoms with E-state index in [-0.39, 0.29) is 11.9 Å². The summed E-state index contributed by atoms with van der Waals surface area (Å²) in [6.45, 7) is 3.63. The molecule has 0 bridgehead atoms. The number of methoxy groups -OCH3 is 1. The summed E-state index contributed by atoms with van der Waals surface area (Å²) in [6.07, 6.45) is 3.89. The zero-order valence-corrected chi connectivity index (χ0v) is 14.5. The quantitative estimate of drug-likeness (QED) is 0.802. The summed E-state index contributed by atoms with van der Waals surface area (Å²) >= 11 is 0. The van der Waals surface area contributed by atoms with Crippen molar-refractivity contribution in [1.29, 1.82) is 0 Å². The van der Waals surface area contributed by atoms with Crippen molar-refractivity contribution in [3.8, 4) is 5.88 Å². The number of carboxylic acids is 1. The molecule has 136 valence electrons. The lowest BCUT2D eigenvalue weighted by molar-refractivity contribution is -0.148. The number of aromatic nitrogens is 2. The zero-order valence-electron chi connectivity index (χ0n) is 14.5. The highest BCUT2D eigenvalue weighted by molar-refractivity contribution is 5.78. The number of carboxylic acid groups (broad SMARTS) is 1. The van der Waals surface area contributed by atoms with Gasteiger partial charge >= 0.3 is 5.97 Å². The summed E-state index contributed by atoms with van der Waals surface area (Å²) in [6, 6.07) is 1.72. The molecule has 1 aliphatic carbocycles. The Balaban J connectivity index is 1.53. The Hall–Kier alpha value is -2.09. The van der Waals surface area contributed by atoms with Gasteiger partial charge in [0.25, 0.3) is 0 Å². The van der Waals surface area contributed by atoms with Gasteiger partial charge in [-0.1, -0.05) is 6.42 Å². The highest BCUT2D eigenvalue weighted by Crippen LogP contribution is 2.45. The number of nitrogens with zero attached hydrogens (tertiary/aromatic N) is 4. The van der Waals surface area contributed by atoms with Gasteiger partial charge in [-0.3, -0.25) is 4.79 Å². The number of nitrogen functional groups attached to an aromatic ring is 1. The van der Waals surface area contributed by atoms with Gasteiger partial charge in [0, 0.05) is 44.7 Å². The lowest BCUT2D eigenvalue weighted by Crippen LogP contribution is -2.42. The molecular weight excluding hydrogens is 322 g/mol. The van der Waals surface area contributed by atoms with Crippen molar-refractivity contribution in [2.45, 2.75) is 19.3 Å². The van der Waals surface area contributed by atoms with Crippen LogP contribution in [0.2, 0.25) is 0 Å². The number of ether oxygens (including phenoxy) is 1. The number of anilines is 2. The van der Waals surface area contributed by atoms with Crippen LogP contribution in [0.25, 0.3) is 0 Å². The number of nitrogens with two attached hydrogens (primary N) is 1. The molecular formula is C17H25N5O3. The molecule has 4 rings (SSSR count). The minimum Gasteiger partial charge on any atom is -0.481 e. The summed E-state index contributed by atoms with van der Waals surface area (Å²) in [7, 11) is 1.53. The molecule has 3 N–H and O–H groups in total. The topological polar surface area (TPSA) is 105 Å². The fraction of sp³-hybridized carbons (Fsp3) is 0.706. The van der Waals surface area contributed by atoms with Gasteiger partial charge in [0.15, 0.2) is 0 Å². The first-order valence-electron chi connectivity index (χ1n) is 8.89. The first-order chi connectivity index (χ1) is 12.0. The van der Waals surface area contributed by atoms with E-state index in [0.29, 0.717) is 31.3 Å². The Morgan fingerprint density at radius 1 is 1.40 bits per heavy atom. The molecule has 1 aromatic rings. The summed E-state index contributed by atoms with van der Waals surface area (Å²) in [4.78, 5) is 24.8. The van der Waals surface area contributed by atoms with Crippen LogP contribution in [-0.4, -0.2) is 65.8 Å². The molecule has 2 atom stereocenters. The van der Waals surface area contributed by atoms with Crippen LogP contribution < -0.4 is 15.4 Å². The Morgan fingerprint density at radius 2 is 2.20 bits per heavy atom. The maximum absolute atomic E-state index is 12.2. The third kappa shape index (κ3) is 2.78. The van der Waals surface area contributed by atoms with Gasteiger partial charge < -0.3 is 25.4 Å². The van der Waals surface area contributed by atoms with Crippen molar-refractivity contribution in [1.82, 2.24) is 14.9 Å². The SMILES string of the molecule is COc1cc(N2C[C@H]3CN(CC4CCC4)C[C@@]3(C(=O)O)C2)nc(N)n1. The summed E-state index contributed by atoms with van der Waals surface area (Å²) in [5.41, 5.74) is 5.03. The van der Waals surface area contributed by atoms with Crippen molar-refractivity contribution in [2.24, 2.45) is 17.3 Å². The molecule has 8 heteroatoms. The van der Waals surface area contributed by atoms with E-state index in [2.05, 4.69) is 14.9 Å². The van der Waals surface area contributed by atoms with Gasteiger partial charge in [0.05, 0.1) is 7.11 Å². The van der Waals surface area contributed by atoms with Crippen LogP contribution in [-0.2, 0) is 4.79 Å². The smallest absolute Gasteiger partial charge is 0.313 e. The molecule has 2 aliphatic heterocycles. The van der Waals surface area contributed by atoms with Gasteiger partial charge in [-0.25, -0.2) is 0 Å². The minimum absolute atomic E-state index is 0.104. The van der Waals surface area contributed by atoms with Crippen LogP contribution in [0.4, 0.5) is 11.8 Å². The van der Waals surface area contributed by atoms with E-state index in [9.17, 15) is 9.90 Å². The van der Waals surface area contributed by atoms with Gasteiger partial charge in [-0.15, -0.1) is 0 Å². The molecule has 0 aromatic carbocycles. The van der Waals surface area contributed by atoms with Crippen LogP contribution >= 0.6 is 0 Å². The van der Waals surface area contributed by atoms with Crippen molar-refractivity contribution < 1.29 is 14.6 Å². The average Bonchev–Trinajstić information content (AvgIpc) is 3.05. The third-order valence-corrected chi connectivity index (χ3v) is 6.09. The van der Waals surface area contributed by atoms with E-state index in [0.717, 1.165) is 19.0 Å². The van der Waals surface area contributed by atoms with E-state index in [4.69, 9.17) is 10.5 Å². The lowest BCUT2D eigenvalue weighted by Gasteiger charge is -2.32. The molecule has 3 heterocycles. The Kier molecular flexibility index (Phi) is 3.94. The van der Waals surface area contributed by atoms with Crippen LogP contribution in [0.5, 0.6) is 5.88 Å². The van der Waals surface area contributed by atoms with E-state index >= 15 is 0 Å². The minimum atomic E-state index is -0.726. The number of fused-ring (bicyclic) bond motifs is 1. The van der Waals surface area contributed by atoms with Gasteiger partial charge in [0.1, 0.15) is 11.2 Å². The number of hydrogen-bond acceptors (Lipinski definition) is 7. The highest BCUT2D eigenvalue weighted by Gasteiger charge is 2.58. The second-order valence-corrected chi connectivity index (χ2v) is 7.66. The first kappa shape index (κ1) is 16.4. The van der Waals surface area contributed by atoms with Crippen molar-refractivity contribution in [3.05, 3.63) is 6.07 Å². The molecule has 1 aromatic heterocycles. The number of aliphatic carboxylic acids is 1. The molecule has 3 fully saturated rings. The highest BCUT2D eigenvalue weighted by atomic mass is 16.5. The normalized spacial score (nSPS) is 29.5. The summed E-state index contributed by atoms with van der Waals surface area (Å²) in [5.74, 6) is 1.34. The van der Waals surface area contributed by atoms with E-state index in [1.54, 1.807) is 6.07 Å². The maximum Gasteiger partial charge on any atom is 0.313 e. The largest absolute Gasteiger partial charge is 0.481 e. The second-order valence-electron chi connectivity index (χ2n) is 7.66. The number of rotatable bonds is 5. The molecule has 8 nitrogen and oxygen atoms in total. The molecule has 0 amide bonds. The number of hydrogen-bond donors (Lipinski definition) is 2. The molecule has 0 unspecified atom stereocenters. The maximum atomic E-state index is 12.2. The summed E-state index contributed by atoms with van der Waals surface area (Å²) < 4.78 is 5.16. The van der Waals surface area contributed by atoms with E-state index in [1.165, 1.54) is 26.4 Å². The third-order valence-electron chi connectivity index (χ3n) is 6.09. The van der Waals surface area contributed by atoms with Crippen LogP contribution in [0.1, 0.15) is 19.3 Å². The van der Waals surface area contributed by atoms with Crippen molar-refractivity contribution in [2.75, 3.05) is 50.5 Å². The van der Waals surface area contributed by atoms with Gasteiger partial charge in [-0.2, -0.15) is 9.97 Å². The Labute approximate surface area is 147 Å². The first-order valence-corrected chi connectivity index (χ1v) is 8.89. The number of carbonyl (C=O) groups is 1. The molecule has 0 radical (unpaired) electrons. The van der Waals surface area contributed by atoms with E-state index < -0.39 is 11.4 Å². The van der Waals surface area contributed by atoms with Crippen LogP contribution in [0.3, 0.4) is 0 Å². The number of likely N-dealkylation sites (tertiary alicyclic amines) is 1. The molecule has 1 saturated carbocycles. The predicted molar refractivity (Wildman–Crippen MR) is 92.5 cm³/mol. The molecule has 25 heavy (non-hydrogen) atoms.